The molecule has 1 saturated carbocycles. The third-order valence-electron chi connectivity index (χ3n) is 4.31. The lowest BCUT2D eigenvalue weighted by atomic mass is 9.81. The topological polar surface area (TPSA) is 55.1 Å². The van der Waals surface area contributed by atoms with E-state index in [1.165, 1.54) is 6.42 Å². The van der Waals surface area contributed by atoms with Crippen LogP contribution in [-0.2, 0) is 4.79 Å². The summed E-state index contributed by atoms with van der Waals surface area (Å²) in [5.74, 6) is 0.355. The van der Waals surface area contributed by atoms with Gasteiger partial charge in [-0.2, -0.15) is 0 Å². The SMILES string of the molecule is CC(C)C(NC(=O)C1(N)CCCCC1)c1ccccc1. The molecule has 0 radical (unpaired) electrons. The van der Waals surface area contributed by atoms with E-state index in [4.69, 9.17) is 5.73 Å². The average molecular weight is 274 g/mol. The van der Waals surface area contributed by atoms with E-state index in [1.54, 1.807) is 0 Å². The van der Waals surface area contributed by atoms with Gasteiger partial charge in [-0.3, -0.25) is 4.79 Å². The molecule has 3 heteroatoms. The number of nitrogens with two attached hydrogens (primary N) is 1. The lowest BCUT2D eigenvalue weighted by Crippen LogP contribution is -2.56. The highest BCUT2D eigenvalue weighted by Crippen LogP contribution is 2.28. The highest BCUT2D eigenvalue weighted by molar-refractivity contribution is 5.86. The Kier molecular flexibility index (Phi) is 4.81. The van der Waals surface area contributed by atoms with Crippen LogP contribution in [0.3, 0.4) is 0 Å². The molecule has 1 aliphatic rings. The summed E-state index contributed by atoms with van der Waals surface area (Å²) in [6.45, 7) is 4.25. The van der Waals surface area contributed by atoms with E-state index in [9.17, 15) is 4.79 Å². The van der Waals surface area contributed by atoms with Gasteiger partial charge in [-0.15, -0.1) is 0 Å². The van der Waals surface area contributed by atoms with Crippen molar-refractivity contribution in [2.24, 2.45) is 11.7 Å². The van der Waals surface area contributed by atoms with Crippen molar-refractivity contribution in [3.8, 4) is 0 Å². The highest BCUT2D eigenvalue weighted by atomic mass is 16.2. The molecule has 0 saturated heterocycles. The molecule has 1 amide bonds. The van der Waals surface area contributed by atoms with Gasteiger partial charge >= 0.3 is 0 Å². The molecule has 110 valence electrons. The molecule has 1 aromatic carbocycles. The van der Waals surface area contributed by atoms with Gasteiger partial charge in [-0.05, 0) is 24.3 Å². The second kappa shape index (κ2) is 6.40. The molecule has 3 N–H and O–H groups in total. The maximum absolute atomic E-state index is 12.6. The molecular weight excluding hydrogens is 248 g/mol. The zero-order valence-corrected chi connectivity index (χ0v) is 12.6. The summed E-state index contributed by atoms with van der Waals surface area (Å²) >= 11 is 0. The monoisotopic (exact) mass is 274 g/mol. The minimum absolute atomic E-state index is 0.0137. The van der Waals surface area contributed by atoms with E-state index in [-0.39, 0.29) is 11.9 Å². The van der Waals surface area contributed by atoms with E-state index < -0.39 is 5.54 Å². The van der Waals surface area contributed by atoms with Crippen molar-refractivity contribution < 1.29 is 4.79 Å². The fourth-order valence-corrected chi connectivity index (χ4v) is 2.99. The smallest absolute Gasteiger partial charge is 0.240 e. The van der Waals surface area contributed by atoms with Crippen LogP contribution in [0, 0.1) is 5.92 Å². The van der Waals surface area contributed by atoms with E-state index in [0.29, 0.717) is 5.92 Å². The van der Waals surface area contributed by atoms with Gasteiger partial charge in [0.25, 0.3) is 0 Å². The standard InChI is InChI=1S/C17H26N2O/c1-13(2)15(14-9-5-3-6-10-14)19-16(20)17(18)11-7-4-8-12-17/h3,5-6,9-10,13,15H,4,7-8,11-12,18H2,1-2H3,(H,19,20). The molecule has 3 nitrogen and oxygen atoms in total. The van der Waals surface area contributed by atoms with Crippen LogP contribution >= 0.6 is 0 Å². The van der Waals surface area contributed by atoms with Crippen molar-refractivity contribution in [2.75, 3.05) is 0 Å². The Morgan fingerprint density at radius 2 is 1.75 bits per heavy atom. The van der Waals surface area contributed by atoms with Gasteiger partial charge in [-0.1, -0.05) is 63.4 Å². The Balaban J connectivity index is 2.10. The Morgan fingerprint density at radius 3 is 2.30 bits per heavy atom. The quantitative estimate of drug-likeness (QED) is 0.886. The van der Waals surface area contributed by atoms with Crippen molar-refractivity contribution >= 4 is 5.91 Å². The van der Waals surface area contributed by atoms with Gasteiger partial charge in [-0.25, -0.2) is 0 Å². The molecule has 1 fully saturated rings. The van der Waals surface area contributed by atoms with Crippen LogP contribution in [0.15, 0.2) is 30.3 Å². The lowest BCUT2D eigenvalue weighted by molar-refractivity contribution is -0.128. The average Bonchev–Trinajstić information content (AvgIpc) is 2.45. The summed E-state index contributed by atoms with van der Waals surface area (Å²) in [6, 6.07) is 10.2. The van der Waals surface area contributed by atoms with Crippen LogP contribution in [0.5, 0.6) is 0 Å². The van der Waals surface area contributed by atoms with Gasteiger partial charge in [0.15, 0.2) is 0 Å². The molecule has 1 aromatic rings. The van der Waals surface area contributed by atoms with Crippen molar-refractivity contribution in [1.82, 2.24) is 5.32 Å². The number of rotatable bonds is 4. The van der Waals surface area contributed by atoms with Gasteiger partial charge < -0.3 is 11.1 Å². The number of carbonyl (C=O) groups excluding carboxylic acids is 1. The molecule has 1 atom stereocenters. The molecule has 0 spiro atoms. The fraction of sp³-hybridized carbons (Fsp3) is 0.588. The van der Waals surface area contributed by atoms with Gasteiger partial charge in [0.1, 0.15) is 0 Å². The number of nitrogens with one attached hydrogen (secondary N) is 1. The first-order valence-electron chi connectivity index (χ1n) is 7.68. The number of amides is 1. The molecule has 0 bridgehead atoms. The van der Waals surface area contributed by atoms with Crippen LogP contribution in [0.25, 0.3) is 0 Å². The van der Waals surface area contributed by atoms with E-state index in [0.717, 1.165) is 31.2 Å². The normalized spacial score (nSPS) is 19.6. The molecule has 2 rings (SSSR count). The summed E-state index contributed by atoms with van der Waals surface area (Å²) in [7, 11) is 0. The van der Waals surface area contributed by atoms with Crippen LogP contribution in [0.2, 0.25) is 0 Å². The third kappa shape index (κ3) is 3.40. The van der Waals surface area contributed by atoms with Crippen molar-refractivity contribution in [3.63, 3.8) is 0 Å². The Labute approximate surface area is 121 Å². The summed E-state index contributed by atoms with van der Waals surface area (Å²) < 4.78 is 0. The van der Waals surface area contributed by atoms with Gasteiger partial charge in [0.05, 0.1) is 11.6 Å². The first-order valence-corrected chi connectivity index (χ1v) is 7.68. The maximum atomic E-state index is 12.6. The number of carbonyl (C=O) groups is 1. The summed E-state index contributed by atoms with van der Waals surface area (Å²) in [5.41, 5.74) is 6.80. The number of benzene rings is 1. The first kappa shape index (κ1) is 15.0. The second-order valence-electron chi connectivity index (χ2n) is 6.32. The summed E-state index contributed by atoms with van der Waals surface area (Å²) in [5, 5.41) is 3.18. The minimum atomic E-state index is -0.666. The van der Waals surface area contributed by atoms with E-state index in [1.807, 2.05) is 18.2 Å². The minimum Gasteiger partial charge on any atom is -0.347 e. The van der Waals surface area contributed by atoms with E-state index >= 15 is 0 Å². The molecule has 1 aliphatic carbocycles. The van der Waals surface area contributed by atoms with Crippen LogP contribution in [0.1, 0.15) is 57.6 Å². The predicted octanol–water partition coefficient (Wildman–Crippen LogP) is 3.16. The van der Waals surface area contributed by atoms with Gasteiger partial charge in [0.2, 0.25) is 5.91 Å². The third-order valence-corrected chi connectivity index (χ3v) is 4.31. The summed E-state index contributed by atoms with van der Waals surface area (Å²) in [6.07, 6.45) is 4.92. The number of hydrogen-bond acceptors (Lipinski definition) is 2. The summed E-state index contributed by atoms with van der Waals surface area (Å²) in [4.78, 5) is 12.6. The number of hydrogen-bond donors (Lipinski definition) is 2. The molecule has 1 unspecified atom stereocenters. The molecular formula is C17H26N2O. The maximum Gasteiger partial charge on any atom is 0.240 e. The lowest BCUT2D eigenvalue weighted by Gasteiger charge is -2.34. The first-order chi connectivity index (χ1) is 9.53. The molecule has 0 aromatic heterocycles. The Morgan fingerprint density at radius 1 is 1.15 bits per heavy atom. The van der Waals surface area contributed by atoms with Crippen molar-refractivity contribution in [1.29, 1.82) is 0 Å². The van der Waals surface area contributed by atoms with Crippen LogP contribution in [-0.4, -0.2) is 11.4 Å². The largest absolute Gasteiger partial charge is 0.347 e. The molecule has 0 heterocycles. The molecule has 0 aliphatic heterocycles. The molecule has 20 heavy (non-hydrogen) atoms. The zero-order valence-electron chi connectivity index (χ0n) is 12.6. The van der Waals surface area contributed by atoms with Crippen LogP contribution in [0.4, 0.5) is 0 Å². The highest BCUT2D eigenvalue weighted by Gasteiger charge is 2.36. The van der Waals surface area contributed by atoms with Crippen molar-refractivity contribution in [3.05, 3.63) is 35.9 Å². The predicted molar refractivity (Wildman–Crippen MR) is 82.2 cm³/mol. The van der Waals surface area contributed by atoms with Crippen molar-refractivity contribution in [2.45, 2.75) is 57.5 Å². The zero-order chi connectivity index (χ0) is 14.6. The van der Waals surface area contributed by atoms with E-state index in [2.05, 4.69) is 31.3 Å². The van der Waals surface area contributed by atoms with Gasteiger partial charge in [0, 0.05) is 0 Å². The van der Waals surface area contributed by atoms with Crippen LogP contribution < -0.4 is 11.1 Å². The second-order valence-corrected chi connectivity index (χ2v) is 6.32. The Bertz CT molecular complexity index is 436. The fourth-order valence-electron chi connectivity index (χ4n) is 2.99. The Hall–Kier alpha value is -1.35.